The smallest absolute Gasteiger partial charge is 0.305 e. The van der Waals surface area contributed by atoms with E-state index in [1.165, 1.54) is 0 Å². The number of amides is 1. The zero-order valence-electron chi connectivity index (χ0n) is 10.3. The third-order valence-electron chi connectivity index (χ3n) is 3.22. The highest BCUT2D eigenvalue weighted by molar-refractivity contribution is 5.86. The van der Waals surface area contributed by atoms with E-state index in [1.54, 1.807) is 12.0 Å². The minimum atomic E-state index is -1.06. The predicted octanol–water partition coefficient (Wildman–Crippen LogP) is -0.328. The second-order valence-corrected chi connectivity index (χ2v) is 4.53. The number of ether oxygens (including phenoxy) is 1. The van der Waals surface area contributed by atoms with Crippen LogP contribution in [-0.4, -0.2) is 54.2 Å². The Hall–Kier alpha value is -1.14. The molecule has 1 saturated heterocycles. The quantitative estimate of drug-likeness (QED) is 0.706. The van der Waals surface area contributed by atoms with E-state index in [-0.39, 0.29) is 18.4 Å². The number of rotatable bonds is 4. The van der Waals surface area contributed by atoms with Crippen LogP contribution in [0.4, 0.5) is 0 Å². The van der Waals surface area contributed by atoms with Gasteiger partial charge >= 0.3 is 5.97 Å². The number of likely N-dealkylation sites (tertiary alicyclic amines) is 1. The van der Waals surface area contributed by atoms with E-state index in [0.717, 1.165) is 6.42 Å². The van der Waals surface area contributed by atoms with Crippen molar-refractivity contribution < 1.29 is 19.4 Å². The van der Waals surface area contributed by atoms with Crippen LogP contribution < -0.4 is 5.73 Å². The van der Waals surface area contributed by atoms with Crippen LogP contribution in [0.1, 0.15) is 19.8 Å². The Labute approximate surface area is 101 Å². The summed E-state index contributed by atoms with van der Waals surface area (Å²) in [4.78, 5) is 24.0. The van der Waals surface area contributed by atoms with Crippen LogP contribution in [0.2, 0.25) is 0 Å². The van der Waals surface area contributed by atoms with Crippen LogP contribution in [0.3, 0.4) is 0 Å². The molecule has 0 saturated carbocycles. The number of methoxy groups -OCH3 is 1. The molecule has 0 aromatic heterocycles. The molecule has 1 aliphatic heterocycles. The van der Waals surface area contributed by atoms with E-state index < -0.39 is 12.0 Å². The van der Waals surface area contributed by atoms with Crippen molar-refractivity contribution in [3.63, 3.8) is 0 Å². The van der Waals surface area contributed by atoms with Crippen LogP contribution in [0.15, 0.2) is 0 Å². The van der Waals surface area contributed by atoms with Gasteiger partial charge in [0.2, 0.25) is 5.91 Å². The molecule has 6 heteroatoms. The maximum absolute atomic E-state index is 11.9. The molecular formula is C11H20N2O4. The van der Waals surface area contributed by atoms with Gasteiger partial charge in [-0.05, 0) is 12.3 Å². The fourth-order valence-corrected chi connectivity index (χ4v) is 2.05. The van der Waals surface area contributed by atoms with E-state index in [0.29, 0.717) is 19.0 Å². The van der Waals surface area contributed by atoms with Gasteiger partial charge < -0.3 is 20.5 Å². The number of hydrogen-bond acceptors (Lipinski definition) is 4. The van der Waals surface area contributed by atoms with Gasteiger partial charge in [0.15, 0.2) is 0 Å². The van der Waals surface area contributed by atoms with Crippen molar-refractivity contribution in [3.05, 3.63) is 0 Å². The minimum absolute atomic E-state index is 0.00438. The Balaban J connectivity index is 2.55. The van der Waals surface area contributed by atoms with Crippen molar-refractivity contribution in [1.82, 2.24) is 4.90 Å². The Bertz CT molecular complexity index is 295. The molecular weight excluding hydrogens is 224 g/mol. The zero-order valence-corrected chi connectivity index (χ0v) is 10.3. The van der Waals surface area contributed by atoms with Gasteiger partial charge in [-0.25, -0.2) is 0 Å². The lowest BCUT2D eigenvalue weighted by Crippen LogP contribution is -2.52. The van der Waals surface area contributed by atoms with Crippen molar-refractivity contribution in [3.8, 4) is 0 Å². The average molecular weight is 244 g/mol. The van der Waals surface area contributed by atoms with Crippen molar-refractivity contribution in [2.45, 2.75) is 31.9 Å². The lowest BCUT2D eigenvalue weighted by atomic mass is 9.95. The summed E-state index contributed by atoms with van der Waals surface area (Å²) >= 11 is 0. The van der Waals surface area contributed by atoms with Gasteiger partial charge in [0.1, 0.15) is 0 Å². The number of piperidine rings is 1. The Morgan fingerprint density at radius 1 is 1.59 bits per heavy atom. The maximum atomic E-state index is 11.9. The molecule has 1 heterocycles. The predicted molar refractivity (Wildman–Crippen MR) is 61.4 cm³/mol. The van der Waals surface area contributed by atoms with E-state index in [1.807, 2.05) is 0 Å². The summed E-state index contributed by atoms with van der Waals surface area (Å²) in [5.41, 5.74) is 5.56. The monoisotopic (exact) mass is 244 g/mol. The summed E-state index contributed by atoms with van der Waals surface area (Å²) in [6, 6.07) is -0.960. The number of aliphatic carboxylic acids is 1. The van der Waals surface area contributed by atoms with Gasteiger partial charge in [0.25, 0.3) is 0 Å². The first-order valence-electron chi connectivity index (χ1n) is 5.74. The third-order valence-corrected chi connectivity index (χ3v) is 3.22. The third kappa shape index (κ3) is 3.67. The SMILES string of the molecule is COC1CN(C(=O)C(N)CC(=O)O)CCC1C. The highest BCUT2D eigenvalue weighted by atomic mass is 16.5. The van der Waals surface area contributed by atoms with Gasteiger partial charge in [0, 0.05) is 20.2 Å². The summed E-state index contributed by atoms with van der Waals surface area (Å²) < 4.78 is 5.29. The fourth-order valence-electron chi connectivity index (χ4n) is 2.05. The fraction of sp³-hybridized carbons (Fsp3) is 0.818. The van der Waals surface area contributed by atoms with E-state index in [2.05, 4.69) is 6.92 Å². The second-order valence-electron chi connectivity index (χ2n) is 4.53. The Kier molecular flexibility index (Phi) is 4.89. The summed E-state index contributed by atoms with van der Waals surface area (Å²) in [7, 11) is 1.62. The van der Waals surface area contributed by atoms with Gasteiger partial charge in [-0.1, -0.05) is 6.92 Å². The van der Waals surface area contributed by atoms with Gasteiger partial charge in [0.05, 0.1) is 18.6 Å². The first-order chi connectivity index (χ1) is 7.95. The molecule has 98 valence electrons. The van der Waals surface area contributed by atoms with E-state index in [4.69, 9.17) is 15.6 Å². The van der Waals surface area contributed by atoms with Crippen LogP contribution in [0, 0.1) is 5.92 Å². The number of carbonyl (C=O) groups excluding carboxylic acids is 1. The van der Waals surface area contributed by atoms with Crippen molar-refractivity contribution in [1.29, 1.82) is 0 Å². The summed E-state index contributed by atoms with van der Waals surface area (Å²) in [6.07, 6.45) is 0.525. The topological polar surface area (TPSA) is 92.9 Å². The van der Waals surface area contributed by atoms with Crippen molar-refractivity contribution in [2.24, 2.45) is 11.7 Å². The van der Waals surface area contributed by atoms with Gasteiger partial charge in [-0.2, -0.15) is 0 Å². The number of nitrogens with two attached hydrogens (primary N) is 1. The molecule has 0 radical (unpaired) electrons. The average Bonchev–Trinajstić information content (AvgIpc) is 2.27. The van der Waals surface area contributed by atoms with E-state index in [9.17, 15) is 9.59 Å². The largest absolute Gasteiger partial charge is 0.481 e. The lowest BCUT2D eigenvalue weighted by Gasteiger charge is -2.37. The molecule has 1 aliphatic rings. The second kappa shape index (κ2) is 5.97. The Morgan fingerprint density at radius 2 is 2.24 bits per heavy atom. The first kappa shape index (κ1) is 13.9. The highest BCUT2D eigenvalue weighted by Gasteiger charge is 2.31. The standard InChI is InChI=1S/C11H20N2O4/c1-7-3-4-13(6-9(7)17-2)11(16)8(12)5-10(14)15/h7-9H,3-6,12H2,1-2H3,(H,14,15). The summed E-state index contributed by atoms with van der Waals surface area (Å²) in [6.45, 7) is 3.18. The summed E-state index contributed by atoms with van der Waals surface area (Å²) in [5, 5.41) is 8.60. The molecule has 0 aromatic rings. The lowest BCUT2D eigenvalue weighted by molar-refractivity contribution is -0.144. The first-order valence-corrected chi connectivity index (χ1v) is 5.74. The molecule has 3 atom stereocenters. The van der Waals surface area contributed by atoms with Gasteiger partial charge in [-0.15, -0.1) is 0 Å². The van der Waals surface area contributed by atoms with Crippen LogP contribution >= 0.6 is 0 Å². The molecule has 0 aliphatic carbocycles. The van der Waals surface area contributed by atoms with Gasteiger partial charge in [-0.3, -0.25) is 9.59 Å². The maximum Gasteiger partial charge on any atom is 0.305 e. The summed E-state index contributed by atoms with van der Waals surface area (Å²) in [5.74, 6) is -0.958. The number of carboxylic acids is 1. The molecule has 17 heavy (non-hydrogen) atoms. The number of nitrogens with zero attached hydrogens (tertiary/aromatic N) is 1. The van der Waals surface area contributed by atoms with Crippen LogP contribution in [0.5, 0.6) is 0 Å². The Morgan fingerprint density at radius 3 is 2.76 bits per heavy atom. The van der Waals surface area contributed by atoms with Crippen LogP contribution in [0.25, 0.3) is 0 Å². The van der Waals surface area contributed by atoms with Crippen molar-refractivity contribution in [2.75, 3.05) is 20.2 Å². The van der Waals surface area contributed by atoms with Crippen LogP contribution in [-0.2, 0) is 14.3 Å². The molecule has 1 rings (SSSR count). The molecule has 1 amide bonds. The zero-order chi connectivity index (χ0) is 13.0. The molecule has 3 N–H and O–H groups in total. The number of carbonyl (C=O) groups is 2. The minimum Gasteiger partial charge on any atom is -0.481 e. The molecule has 0 spiro atoms. The van der Waals surface area contributed by atoms with E-state index >= 15 is 0 Å². The molecule has 1 fully saturated rings. The molecule has 6 nitrogen and oxygen atoms in total. The number of carboxylic acid groups (broad SMARTS) is 1. The number of hydrogen-bond donors (Lipinski definition) is 2. The van der Waals surface area contributed by atoms with Crippen molar-refractivity contribution >= 4 is 11.9 Å². The normalized spacial score (nSPS) is 26.6. The highest BCUT2D eigenvalue weighted by Crippen LogP contribution is 2.20. The molecule has 0 bridgehead atoms. The molecule has 3 unspecified atom stereocenters. The molecule has 0 aromatic carbocycles.